The lowest BCUT2D eigenvalue weighted by atomic mass is 9.76. The number of fused-ring (bicyclic) bond motifs is 1. The predicted molar refractivity (Wildman–Crippen MR) is 64.4 cm³/mol. The summed E-state index contributed by atoms with van der Waals surface area (Å²) in [5, 5.41) is 3.55. The lowest BCUT2D eigenvalue weighted by Gasteiger charge is -2.36. The highest BCUT2D eigenvalue weighted by molar-refractivity contribution is 4.88. The molecule has 3 rings (SSSR count). The van der Waals surface area contributed by atoms with Gasteiger partial charge in [-0.05, 0) is 50.1 Å². The van der Waals surface area contributed by atoms with Gasteiger partial charge in [-0.3, -0.25) is 4.90 Å². The Labute approximate surface area is 98.5 Å². The normalized spacial score (nSPS) is 40.9. The van der Waals surface area contributed by atoms with Gasteiger partial charge in [-0.1, -0.05) is 0 Å². The fraction of sp³-hybridized carbons (Fsp3) is 1.00. The largest absolute Gasteiger partial charge is 0.379 e. The molecule has 3 atom stereocenters. The number of nitrogens with zero attached hydrogens (tertiary/aromatic N) is 1. The first-order valence-corrected chi connectivity index (χ1v) is 6.92. The number of rotatable bonds is 2. The van der Waals surface area contributed by atoms with E-state index < -0.39 is 0 Å². The zero-order valence-corrected chi connectivity index (χ0v) is 10.2. The summed E-state index contributed by atoms with van der Waals surface area (Å²) in [5.74, 6) is 2.94. The van der Waals surface area contributed by atoms with Crippen molar-refractivity contribution < 1.29 is 4.74 Å². The Morgan fingerprint density at radius 2 is 1.88 bits per heavy atom. The Hall–Kier alpha value is -0.120. The number of morpholine rings is 1. The Bertz CT molecular complexity index is 228. The van der Waals surface area contributed by atoms with Gasteiger partial charge in [-0.2, -0.15) is 0 Å². The molecule has 0 bridgehead atoms. The van der Waals surface area contributed by atoms with Gasteiger partial charge in [0.05, 0.1) is 13.2 Å². The predicted octanol–water partition coefficient (Wildman–Crippen LogP) is 0.954. The number of hydrogen-bond acceptors (Lipinski definition) is 3. The topological polar surface area (TPSA) is 24.5 Å². The molecule has 3 fully saturated rings. The first-order chi connectivity index (χ1) is 7.92. The highest BCUT2D eigenvalue weighted by Crippen LogP contribution is 2.36. The Kier molecular flexibility index (Phi) is 3.46. The van der Waals surface area contributed by atoms with E-state index in [1.165, 1.54) is 38.9 Å². The van der Waals surface area contributed by atoms with Gasteiger partial charge in [0.25, 0.3) is 0 Å². The summed E-state index contributed by atoms with van der Waals surface area (Å²) in [6, 6.07) is 0. The van der Waals surface area contributed by atoms with Crippen LogP contribution >= 0.6 is 0 Å². The van der Waals surface area contributed by atoms with Crippen molar-refractivity contribution in [2.45, 2.75) is 19.3 Å². The number of ether oxygens (including phenoxy) is 1. The maximum absolute atomic E-state index is 5.41. The molecule has 3 unspecified atom stereocenters. The molecule has 3 aliphatic rings. The highest BCUT2D eigenvalue weighted by atomic mass is 16.5. The van der Waals surface area contributed by atoms with E-state index in [2.05, 4.69) is 10.2 Å². The van der Waals surface area contributed by atoms with E-state index in [4.69, 9.17) is 4.74 Å². The minimum Gasteiger partial charge on any atom is -0.379 e. The van der Waals surface area contributed by atoms with Crippen LogP contribution in [0, 0.1) is 17.8 Å². The summed E-state index contributed by atoms with van der Waals surface area (Å²) < 4.78 is 5.41. The van der Waals surface area contributed by atoms with Crippen molar-refractivity contribution in [1.29, 1.82) is 0 Å². The molecule has 92 valence electrons. The molecule has 0 aromatic carbocycles. The van der Waals surface area contributed by atoms with Gasteiger partial charge in [0.1, 0.15) is 0 Å². The Morgan fingerprint density at radius 1 is 1.06 bits per heavy atom. The zero-order valence-electron chi connectivity index (χ0n) is 10.2. The lowest BCUT2D eigenvalue weighted by Crippen LogP contribution is -2.41. The van der Waals surface area contributed by atoms with Gasteiger partial charge in [-0.25, -0.2) is 0 Å². The van der Waals surface area contributed by atoms with Crippen molar-refractivity contribution in [3.8, 4) is 0 Å². The lowest BCUT2D eigenvalue weighted by molar-refractivity contribution is 0.0243. The number of nitrogens with one attached hydrogen (secondary N) is 1. The van der Waals surface area contributed by atoms with Crippen molar-refractivity contribution in [2.24, 2.45) is 17.8 Å². The third-order valence-electron chi connectivity index (χ3n) is 4.68. The zero-order chi connectivity index (χ0) is 10.8. The summed E-state index contributed by atoms with van der Waals surface area (Å²) in [6.07, 6.45) is 4.39. The Balaban J connectivity index is 1.48. The molecule has 1 saturated carbocycles. The summed E-state index contributed by atoms with van der Waals surface area (Å²) in [4.78, 5) is 2.61. The van der Waals surface area contributed by atoms with Crippen LogP contribution in [0.5, 0.6) is 0 Å². The third kappa shape index (κ3) is 2.41. The quantitative estimate of drug-likeness (QED) is 0.756. The van der Waals surface area contributed by atoms with E-state index in [-0.39, 0.29) is 0 Å². The van der Waals surface area contributed by atoms with Crippen molar-refractivity contribution in [3.63, 3.8) is 0 Å². The van der Waals surface area contributed by atoms with Crippen LogP contribution in [0.1, 0.15) is 19.3 Å². The molecule has 2 heterocycles. The monoisotopic (exact) mass is 224 g/mol. The maximum Gasteiger partial charge on any atom is 0.0594 e. The van der Waals surface area contributed by atoms with Crippen LogP contribution in [0.4, 0.5) is 0 Å². The first-order valence-electron chi connectivity index (χ1n) is 6.92. The van der Waals surface area contributed by atoms with E-state index in [1.54, 1.807) is 0 Å². The molecule has 2 saturated heterocycles. The maximum atomic E-state index is 5.41. The molecule has 0 spiro atoms. The van der Waals surface area contributed by atoms with E-state index in [0.29, 0.717) is 0 Å². The second kappa shape index (κ2) is 5.03. The molecule has 0 radical (unpaired) electrons. The molecule has 2 aliphatic heterocycles. The van der Waals surface area contributed by atoms with Crippen LogP contribution in [-0.2, 0) is 4.74 Å². The summed E-state index contributed by atoms with van der Waals surface area (Å²) >= 11 is 0. The van der Waals surface area contributed by atoms with Gasteiger partial charge in [0, 0.05) is 19.6 Å². The molecule has 0 aromatic heterocycles. The van der Waals surface area contributed by atoms with Crippen LogP contribution < -0.4 is 5.32 Å². The van der Waals surface area contributed by atoms with Crippen molar-refractivity contribution in [2.75, 3.05) is 45.9 Å². The van der Waals surface area contributed by atoms with Gasteiger partial charge in [0.15, 0.2) is 0 Å². The second-order valence-corrected chi connectivity index (χ2v) is 5.77. The smallest absolute Gasteiger partial charge is 0.0594 e. The van der Waals surface area contributed by atoms with Gasteiger partial charge >= 0.3 is 0 Å². The molecule has 0 aromatic rings. The fourth-order valence-electron chi connectivity index (χ4n) is 3.71. The van der Waals surface area contributed by atoms with Crippen LogP contribution in [0.15, 0.2) is 0 Å². The minimum absolute atomic E-state index is 0.945. The summed E-state index contributed by atoms with van der Waals surface area (Å²) in [7, 11) is 0. The molecule has 1 aliphatic carbocycles. The van der Waals surface area contributed by atoms with E-state index in [1.807, 2.05) is 0 Å². The third-order valence-corrected chi connectivity index (χ3v) is 4.68. The van der Waals surface area contributed by atoms with E-state index >= 15 is 0 Å². The van der Waals surface area contributed by atoms with Crippen LogP contribution in [-0.4, -0.2) is 50.8 Å². The highest BCUT2D eigenvalue weighted by Gasteiger charge is 2.34. The average Bonchev–Trinajstić information content (AvgIpc) is 2.77. The molecular weight excluding hydrogens is 200 g/mol. The van der Waals surface area contributed by atoms with Crippen molar-refractivity contribution >= 4 is 0 Å². The molecular formula is C13H24N2O. The molecule has 0 amide bonds. The van der Waals surface area contributed by atoms with Crippen molar-refractivity contribution in [3.05, 3.63) is 0 Å². The van der Waals surface area contributed by atoms with Crippen LogP contribution in [0.3, 0.4) is 0 Å². The molecule has 1 N–H and O–H groups in total. The molecule has 16 heavy (non-hydrogen) atoms. The van der Waals surface area contributed by atoms with Crippen LogP contribution in [0.2, 0.25) is 0 Å². The molecule has 3 nitrogen and oxygen atoms in total. The van der Waals surface area contributed by atoms with E-state index in [0.717, 1.165) is 44.1 Å². The number of hydrogen-bond donors (Lipinski definition) is 1. The van der Waals surface area contributed by atoms with Gasteiger partial charge in [0.2, 0.25) is 0 Å². The van der Waals surface area contributed by atoms with Gasteiger partial charge in [-0.15, -0.1) is 0 Å². The SMILES string of the molecule is C1CN(CC2CCC3CNCC3C2)CCO1. The standard InChI is InChI=1S/C13H24N2O/c1-2-12-8-14-9-13(12)7-11(1)10-15-3-5-16-6-4-15/h11-14H,1-10H2. The minimum atomic E-state index is 0.945. The summed E-state index contributed by atoms with van der Waals surface area (Å²) in [6.45, 7) is 8.10. The fourth-order valence-corrected chi connectivity index (χ4v) is 3.71. The Morgan fingerprint density at radius 3 is 2.75 bits per heavy atom. The van der Waals surface area contributed by atoms with Gasteiger partial charge < -0.3 is 10.1 Å². The second-order valence-electron chi connectivity index (χ2n) is 5.77. The summed E-state index contributed by atoms with van der Waals surface area (Å²) in [5.41, 5.74) is 0. The van der Waals surface area contributed by atoms with E-state index in [9.17, 15) is 0 Å². The average molecular weight is 224 g/mol. The van der Waals surface area contributed by atoms with Crippen molar-refractivity contribution in [1.82, 2.24) is 10.2 Å². The molecule has 3 heteroatoms. The first kappa shape index (κ1) is 11.0. The van der Waals surface area contributed by atoms with Crippen LogP contribution in [0.25, 0.3) is 0 Å².